The molecule has 3 atom stereocenters. The summed E-state index contributed by atoms with van der Waals surface area (Å²) in [6.07, 6.45) is 13.4. The second-order valence-corrected chi connectivity index (χ2v) is 15.2. The first-order valence-electron chi connectivity index (χ1n) is 18.5. The van der Waals surface area contributed by atoms with Crippen LogP contribution in [0.4, 0.5) is 0 Å². The summed E-state index contributed by atoms with van der Waals surface area (Å²) in [5, 5.41) is 7.76. The Labute approximate surface area is 303 Å². The molecular weight excluding hydrogens is 633 g/mol. The first kappa shape index (κ1) is 29.6. The highest BCUT2D eigenvalue weighted by atomic mass is 15.3. The quantitative estimate of drug-likeness (QED) is 0.199. The molecule has 3 unspecified atom stereocenters. The SMILES string of the molecule is CC1c2c(c3c4c(cc5c6ccccc6n(C6N=C(c7ccccc7)C=C(c7ccccc7)N6)c53)C(C)(C)c3ccccc3-n24)C=C2C=CC=CC21. The van der Waals surface area contributed by atoms with E-state index in [0.717, 1.165) is 22.5 Å². The maximum Gasteiger partial charge on any atom is 0.201 e. The topological polar surface area (TPSA) is 34.2 Å². The van der Waals surface area contributed by atoms with Crippen LogP contribution in [0.5, 0.6) is 0 Å². The Kier molecular flexibility index (Phi) is 6.08. The molecule has 0 bridgehead atoms. The normalized spacial score (nSPS) is 20.9. The minimum Gasteiger partial charge on any atom is -0.346 e. The fourth-order valence-corrected chi connectivity index (χ4v) is 9.63. The fourth-order valence-electron chi connectivity index (χ4n) is 9.63. The van der Waals surface area contributed by atoms with Crippen LogP contribution in [0.2, 0.25) is 0 Å². The van der Waals surface area contributed by atoms with Crippen LogP contribution in [0.3, 0.4) is 0 Å². The van der Waals surface area contributed by atoms with E-state index in [2.05, 4.69) is 187 Å². The van der Waals surface area contributed by atoms with Crippen molar-refractivity contribution in [2.75, 3.05) is 0 Å². The lowest BCUT2D eigenvalue weighted by atomic mass is 9.74. The molecule has 0 saturated carbocycles. The standard InChI is InChI=1S/C48H38N4/c1-29-33-21-11-10-20-32(33)26-36-43-45-35(27-38-46(43)51(44(29)36)42-25-15-13-23-37(42)48(38,2)3)34-22-12-14-24-41(34)52(45)47-49-39(30-16-6-4-7-17-30)28-40(50-47)31-18-8-5-9-19-31/h4-29,33,47,49H,1-3H3. The molecular formula is C48H38N4. The van der Waals surface area contributed by atoms with Gasteiger partial charge in [0.05, 0.1) is 22.3 Å². The molecule has 2 aliphatic heterocycles. The smallest absolute Gasteiger partial charge is 0.201 e. The minimum atomic E-state index is -0.381. The molecule has 52 heavy (non-hydrogen) atoms. The number of hydrogen-bond donors (Lipinski definition) is 1. The lowest BCUT2D eigenvalue weighted by Gasteiger charge is -2.36. The fraction of sp³-hybridized carbons (Fsp3) is 0.146. The van der Waals surface area contributed by atoms with Gasteiger partial charge in [0, 0.05) is 56.1 Å². The number of allylic oxidation sites excluding steroid dienone is 6. The molecule has 0 fully saturated rings. The van der Waals surface area contributed by atoms with E-state index in [1.165, 1.54) is 66.4 Å². The van der Waals surface area contributed by atoms with Crippen molar-refractivity contribution in [3.63, 3.8) is 0 Å². The Morgan fingerprint density at radius 1 is 0.712 bits per heavy atom. The molecule has 11 rings (SSSR count). The first-order chi connectivity index (χ1) is 25.5. The molecule has 4 aliphatic rings. The highest BCUT2D eigenvalue weighted by Crippen LogP contribution is 2.55. The summed E-state index contributed by atoms with van der Waals surface area (Å²) < 4.78 is 5.13. The van der Waals surface area contributed by atoms with E-state index in [1.807, 2.05) is 0 Å². The van der Waals surface area contributed by atoms with E-state index in [1.54, 1.807) is 0 Å². The second-order valence-electron chi connectivity index (χ2n) is 15.2. The van der Waals surface area contributed by atoms with Gasteiger partial charge >= 0.3 is 0 Å². The summed E-state index contributed by atoms with van der Waals surface area (Å²) in [5.74, 6) is 0.628. The van der Waals surface area contributed by atoms with Gasteiger partial charge in [-0.2, -0.15) is 0 Å². The van der Waals surface area contributed by atoms with Crippen LogP contribution in [-0.4, -0.2) is 14.8 Å². The molecule has 1 N–H and O–H groups in total. The van der Waals surface area contributed by atoms with Gasteiger partial charge < -0.3 is 14.5 Å². The van der Waals surface area contributed by atoms with Gasteiger partial charge in [0.15, 0.2) is 0 Å². The van der Waals surface area contributed by atoms with E-state index < -0.39 is 0 Å². The number of nitrogens with zero attached hydrogens (tertiary/aromatic N) is 3. The van der Waals surface area contributed by atoms with Crippen LogP contribution >= 0.6 is 0 Å². The molecule has 250 valence electrons. The summed E-state index contributed by atoms with van der Waals surface area (Å²) in [6.45, 7) is 7.24. The Morgan fingerprint density at radius 3 is 2.27 bits per heavy atom. The van der Waals surface area contributed by atoms with Crippen LogP contribution < -0.4 is 5.32 Å². The molecule has 7 aromatic rings. The third-order valence-electron chi connectivity index (χ3n) is 12.1. The maximum atomic E-state index is 5.55. The molecule has 0 spiro atoms. The lowest BCUT2D eigenvalue weighted by Crippen LogP contribution is -2.29. The van der Waals surface area contributed by atoms with E-state index in [4.69, 9.17) is 4.99 Å². The molecule has 0 radical (unpaired) electrons. The van der Waals surface area contributed by atoms with Crippen molar-refractivity contribution in [2.24, 2.45) is 10.9 Å². The maximum absolute atomic E-state index is 5.55. The molecule has 0 amide bonds. The summed E-state index contributed by atoms with van der Waals surface area (Å²) in [7, 11) is 0. The van der Waals surface area contributed by atoms with Gasteiger partial charge in [0.25, 0.3) is 0 Å². The van der Waals surface area contributed by atoms with E-state index >= 15 is 0 Å². The number of nitrogens with one attached hydrogen (secondary N) is 1. The third-order valence-corrected chi connectivity index (χ3v) is 12.1. The number of aromatic nitrogens is 2. The Bertz CT molecular complexity index is 2800. The van der Waals surface area contributed by atoms with Gasteiger partial charge in [0.1, 0.15) is 0 Å². The summed E-state index contributed by atoms with van der Waals surface area (Å²) in [6, 6.07) is 41.7. The average Bonchev–Trinajstić information content (AvgIpc) is 3.71. The zero-order valence-electron chi connectivity index (χ0n) is 29.5. The highest BCUT2D eigenvalue weighted by Gasteiger charge is 2.41. The second kappa shape index (κ2) is 10.7. The predicted molar refractivity (Wildman–Crippen MR) is 216 cm³/mol. The third kappa shape index (κ3) is 3.95. The van der Waals surface area contributed by atoms with Gasteiger partial charge in [-0.15, -0.1) is 0 Å². The molecule has 4 heteroatoms. The van der Waals surface area contributed by atoms with Crippen molar-refractivity contribution in [1.82, 2.24) is 14.5 Å². The number of benzene rings is 5. The number of aliphatic imine (C=N–C) groups is 1. The van der Waals surface area contributed by atoms with Gasteiger partial charge in [-0.1, -0.05) is 142 Å². The summed E-state index contributed by atoms with van der Waals surface area (Å²) >= 11 is 0. The summed E-state index contributed by atoms with van der Waals surface area (Å²) in [4.78, 5) is 5.55. The monoisotopic (exact) mass is 670 g/mol. The van der Waals surface area contributed by atoms with Crippen LogP contribution in [0.25, 0.3) is 50.2 Å². The molecule has 2 aliphatic carbocycles. The van der Waals surface area contributed by atoms with Crippen molar-refractivity contribution >= 4 is 50.2 Å². The van der Waals surface area contributed by atoms with Crippen molar-refractivity contribution in [3.05, 3.63) is 185 Å². The highest BCUT2D eigenvalue weighted by molar-refractivity contribution is 6.22. The molecule has 0 saturated heterocycles. The van der Waals surface area contributed by atoms with E-state index in [0.29, 0.717) is 11.8 Å². The number of hydrogen-bond acceptors (Lipinski definition) is 2. The summed E-state index contributed by atoms with van der Waals surface area (Å²) in [5.41, 5.74) is 15.9. The zero-order chi connectivity index (χ0) is 34.7. The van der Waals surface area contributed by atoms with E-state index in [-0.39, 0.29) is 11.7 Å². The van der Waals surface area contributed by atoms with Gasteiger partial charge in [-0.3, -0.25) is 0 Å². The van der Waals surface area contributed by atoms with Gasteiger partial charge in [-0.05, 0) is 58.2 Å². The molecule has 2 aromatic heterocycles. The van der Waals surface area contributed by atoms with Crippen LogP contribution in [0, 0.1) is 5.92 Å². The molecule has 4 nitrogen and oxygen atoms in total. The molecule has 5 aromatic carbocycles. The Balaban J connectivity index is 1.30. The number of para-hydroxylation sites is 2. The first-order valence-corrected chi connectivity index (χ1v) is 18.5. The van der Waals surface area contributed by atoms with E-state index in [9.17, 15) is 0 Å². The van der Waals surface area contributed by atoms with Crippen LogP contribution in [0.15, 0.2) is 156 Å². The van der Waals surface area contributed by atoms with Crippen LogP contribution in [-0.2, 0) is 5.41 Å². The van der Waals surface area contributed by atoms with Crippen molar-refractivity contribution in [3.8, 4) is 5.69 Å². The van der Waals surface area contributed by atoms with Crippen LogP contribution in [0.1, 0.15) is 66.5 Å². The number of fused-ring (bicyclic) bond motifs is 10. The van der Waals surface area contributed by atoms with Gasteiger partial charge in [0.2, 0.25) is 6.29 Å². The molecule has 4 heterocycles. The Morgan fingerprint density at radius 2 is 1.44 bits per heavy atom. The zero-order valence-corrected chi connectivity index (χ0v) is 29.5. The largest absolute Gasteiger partial charge is 0.346 e. The Hall–Kier alpha value is -6.13. The van der Waals surface area contributed by atoms with Crippen molar-refractivity contribution < 1.29 is 0 Å². The lowest BCUT2D eigenvalue weighted by molar-refractivity contribution is 0.509. The number of rotatable bonds is 3. The minimum absolute atomic E-state index is 0.197. The van der Waals surface area contributed by atoms with Crippen molar-refractivity contribution in [2.45, 2.75) is 38.4 Å². The predicted octanol–water partition coefficient (Wildman–Crippen LogP) is 11.2. The van der Waals surface area contributed by atoms with Crippen molar-refractivity contribution in [1.29, 1.82) is 0 Å². The average molecular weight is 671 g/mol. The van der Waals surface area contributed by atoms with Gasteiger partial charge in [-0.25, -0.2) is 4.99 Å².